The Kier molecular flexibility index (Phi) is 14.1. The SMILES string of the molecule is COCO[C@H](C)C[C@@H](C[C@H](OCOC)[C@H](C)[C@H](O)[C@H](C)CO)O[Si](C)(C)C(C)(C)C. The molecule has 0 aromatic rings. The van der Waals surface area contributed by atoms with Crippen molar-refractivity contribution in [3.05, 3.63) is 0 Å². The second kappa shape index (κ2) is 14.2. The van der Waals surface area contributed by atoms with Crippen LogP contribution in [0, 0.1) is 11.8 Å². The Bertz CT molecular complexity index is 442. The molecule has 0 rings (SSSR count). The van der Waals surface area contributed by atoms with E-state index in [1.165, 1.54) is 0 Å². The van der Waals surface area contributed by atoms with Gasteiger partial charge in [0.05, 0.1) is 18.3 Å². The standard InChI is InChI=1S/C22H48O7Si/c1-16(13-23)21(24)18(3)20(28-15-26-8)12-19(11-17(2)27-14-25-7)29-30(9,10)22(4,5)6/h16-21,23-24H,11-15H2,1-10H3/t16-,17-,18+,19+,20+,21-/m1/s1. The van der Waals surface area contributed by atoms with Gasteiger partial charge in [-0.1, -0.05) is 34.6 Å². The summed E-state index contributed by atoms with van der Waals surface area (Å²) in [5.41, 5.74) is 0. The van der Waals surface area contributed by atoms with Crippen molar-refractivity contribution in [1.82, 2.24) is 0 Å². The zero-order valence-electron chi connectivity index (χ0n) is 20.9. The van der Waals surface area contributed by atoms with E-state index >= 15 is 0 Å². The molecule has 0 aromatic heterocycles. The van der Waals surface area contributed by atoms with Crippen LogP contribution in [0.25, 0.3) is 0 Å². The van der Waals surface area contributed by atoms with Gasteiger partial charge in [-0.05, 0) is 37.9 Å². The van der Waals surface area contributed by atoms with Gasteiger partial charge in [-0.2, -0.15) is 0 Å². The molecule has 0 aromatic carbocycles. The van der Waals surface area contributed by atoms with Gasteiger partial charge in [0.1, 0.15) is 13.6 Å². The number of hydrogen-bond acceptors (Lipinski definition) is 7. The summed E-state index contributed by atoms with van der Waals surface area (Å²) >= 11 is 0. The van der Waals surface area contributed by atoms with Gasteiger partial charge in [0.15, 0.2) is 8.32 Å². The van der Waals surface area contributed by atoms with E-state index in [0.29, 0.717) is 12.8 Å². The Morgan fingerprint density at radius 2 is 1.43 bits per heavy atom. The molecule has 0 heterocycles. The van der Waals surface area contributed by atoms with Crippen LogP contribution in [-0.2, 0) is 23.4 Å². The highest BCUT2D eigenvalue weighted by Gasteiger charge is 2.41. The summed E-state index contributed by atoms with van der Waals surface area (Å²) in [4.78, 5) is 0. The van der Waals surface area contributed by atoms with Crippen molar-refractivity contribution in [1.29, 1.82) is 0 Å². The molecular weight excluding hydrogens is 404 g/mol. The Labute approximate surface area is 185 Å². The summed E-state index contributed by atoms with van der Waals surface area (Å²) in [7, 11) is 1.16. The smallest absolute Gasteiger partial charge is 0.192 e. The summed E-state index contributed by atoms with van der Waals surface area (Å²) in [6, 6.07) is 0. The molecular formula is C22H48O7Si. The number of hydrogen-bond donors (Lipinski definition) is 2. The van der Waals surface area contributed by atoms with Gasteiger partial charge in [0, 0.05) is 38.8 Å². The lowest BCUT2D eigenvalue weighted by molar-refractivity contribution is -0.129. The van der Waals surface area contributed by atoms with Crippen LogP contribution >= 0.6 is 0 Å². The topological polar surface area (TPSA) is 86.6 Å². The molecule has 30 heavy (non-hydrogen) atoms. The first-order chi connectivity index (χ1) is 13.8. The van der Waals surface area contributed by atoms with Crippen molar-refractivity contribution < 1.29 is 33.6 Å². The highest BCUT2D eigenvalue weighted by molar-refractivity contribution is 6.74. The Morgan fingerprint density at radius 3 is 1.90 bits per heavy atom. The van der Waals surface area contributed by atoms with Gasteiger partial charge in [-0.3, -0.25) is 0 Å². The fourth-order valence-corrected chi connectivity index (χ4v) is 4.48. The van der Waals surface area contributed by atoms with Crippen LogP contribution in [-0.4, -0.2) is 77.4 Å². The van der Waals surface area contributed by atoms with Crippen LogP contribution < -0.4 is 0 Å². The zero-order valence-corrected chi connectivity index (χ0v) is 21.9. The molecule has 0 spiro atoms. The van der Waals surface area contributed by atoms with Gasteiger partial charge in [0.25, 0.3) is 0 Å². The third-order valence-corrected chi connectivity index (χ3v) is 10.8. The normalized spacial score (nSPS) is 19.2. The molecule has 0 fully saturated rings. The van der Waals surface area contributed by atoms with E-state index in [4.69, 9.17) is 23.4 Å². The fraction of sp³-hybridized carbons (Fsp3) is 1.00. The summed E-state index contributed by atoms with van der Waals surface area (Å²) in [6.07, 6.45) is 0.192. The minimum atomic E-state index is -2.03. The van der Waals surface area contributed by atoms with Gasteiger partial charge in [-0.15, -0.1) is 0 Å². The van der Waals surface area contributed by atoms with Gasteiger partial charge in [0.2, 0.25) is 0 Å². The van der Waals surface area contributed by atoms with Crippen molar-refractivity contribution in [3.8, 4) is 0 Å². The maximum Gasteiger partial charge on any atom is 0.192 e. The second-order valence-electron chi connectivity index (χ2n) is 9.98. The lowest BCUT2D eigenvalue weighted by Crippen LogP contribution is -2.47. The maximum atomic E-state index is 10.7. The molecule has 0 bridgehead atoms. The molecule has 0 amide bonds. The highest BCUT2D eigenvalue weighted by atomic mass is 28.4. The number of rotatable bonds is 16. The first-order valence-corrected chi connectivity index (χ1v) is 13.9. The van der Waals surface area contributed by atoms with Crippen molar-refractivity contribution in [2.75, 3.05) is 34.4 Å². The van der Waals surface area contributed by atoms with Crippen LogP contribution in [0.2, 0.25) is 18.1 Å². The lowest BCUT2D eigenvalue weighted by atomic mass is 9.86. The van der Waals surface area contributed by atoms with Gasteiger partial charge < -0.3 is 33.6 Å². The summed E-state index contributed by atoms with van der Waals surface area (Å²) in [6.45, 7) is 17.2. The predicted molar refractivity (Wildman–Crippen MR) is 122 cm³/mol. The number of methoxy groups -OCH3 is 2. The third kappa shape index (κ3) is 10.5. The van der Waals surface area contributed by atoms with E-state index in [1.807, 2.05) is 20.8 Å². The second-order valence-corrected chi connectivity index (χ2v) is 14.7. The molecule has 6 atom stereocenters. The summed E-state index contributed by atoms with van der Waals surface area (Å²) in [5.74, 6) is -0.430. The fourth-order valence-electron chi connectivity index (χ4n) is 3.10. The van der Waals surface area contributed by atoms with E-state index in [0.717, 1.165) is 0 Å². The number of ether oxygens (including phenoxy) is 4. The van der Waals surface area contributed by atoms with E-state index in [9.17, 15) is 10.2 Å². The zero-order chi connectivity index (χ0) is 23.5. The molecule has 182 valence electrons. The monoisotopic (exact) mass is 452 g/mol. The Balaban J connectivity index is 5.55. The Morgan fingerprint density at radius 1 is 0.900 bits per heavy atom. The minimum absolute atomic E-state index is 0.0422. The van der Waals surface area contributed by atoms with Crippen molar-refractivity contribution in [2.45, 2.75) is 96.9 Å². The molecule has 0 aliphatic heterocycles. The van der Waals surface area contributed by atoms with Crippen LogP contribution in [0.15, 0.2) is 0 Å². The average Bonchev–Trinajstić information content (AvgIpc) is 2.66. The number of aliphatic hydroxyl groups excluding tert-OH is 2. The van der Waals surface area contributed by atoms with E-state index < -0.39 is 14.4 Å². The lowest BCUT2D eigenvalue weighted by Gasteiger charge is -2.41. The minimum Gasteiger partial charge on any atom is -0.414 e. The first kappa shape index (κ1) is 29.9. The summed E-state index contributed by atoms with van der Waals surface area (Å²) < 4.78 is 28.6. The predicted octanol–water partition coefficient (Wildman–Crippen LogP) is 3.78. The van der Waals surface area contributed by atoms with Crippen molar-refractivity contribution in [2.24, 2.45) is 11.8 Å². The Hall–Kier alpha value is -0.0631. The molecule has 2 N–H and O–H groups in total. The largest absolute Gasteiger partial charge is 0.414 e. The van der Waals surface area contributed by atoms with Crippen LogP contribution in [0.4, 0.5) is 0 Å². The molecule has 0 unspecified atom stereocenters. The molecule has 7 nitrogen and oxygen atoms in total. The van der Waals surface area contributed by atoms with Gasteiger partial charge >= 0.3 is 0 Å². The quantitative estimate of drug-likeness (QED) is 0.272. The molecule has 8 heteroatoms. The van der Waals surface area contributed by atoms with Gasteiger partial charge in [-0.25, -0.2) is 0 Å². The van der Waals surface area contributed by atoms with Crippen LogP contribution in [0.1, 0.15) is 54.4 Å². The molecule has 0 saturated heterocycles. The van der Waals surface area contributed by atoms with Crippen LogP contribution in [0.3, 0.4) is 0 Å². The molecule has 0 aliphatic carbocycles. The van der Waals surface area contributed by atoms with Crippen molar-refractivity contribution in [3.63, 3.8) is 0 Å². The maximum absolute atomic E-state index is 10.7. The third-order valence-electron chi connectivity index (χ3n) is 6.22. The van der Waals surface area contributed by atoms with E-state index in [2.05, 4.69) is 33.9 Å². The summed E-state index contributed by atoms with van der Waals surface area (Å²) in [5, 5.41) is 20.2. The number of aliphatic hydroxyl groups is 2. The molecule has 0 saturated carbocycles. The molecule has 0 aliphatic rings. The average molecular weight is 453 g/mol. The van der Waals surface area contributed by atoms with Crippen molar-refractivity contribution >= 4 is 8.32 Å². The van der Waals surface area contributed by atoms with E-state index in [-0.39, 0.29) is 55.4 Å². The van der Waals surface area contributed by atoms with Crippen LogP contribution in [0.5, 0.6) is 0 Å². The molecule has 0 radical (unpaired) electrons. The van der Waals surface area contributed by atoms with E-state index in [1.54, 1.807) is 14.2 Å². The highest BCUT2D eigenvalue weighted by Crippen LogP contribution is 2.39. The first-order valence-electron chi connectivity index (χ1n) is 11.0.